The van der Waals surface area contributed by atoms with E-state index >= 15 is 0 Å². The number of anilines is 1. The molecule has 3 nitrogen and oxygen atoms in total. The van der Waals surface area contributed by atoms with Gasteiger partial charge in [0.2, 0.25) is 0 Å². The first kappa shape index (κ1) is 13.1. The molecule has 0 fully saturated rings. The molecule has 20 heavy (non-hydrogen) atoms. The monoisotopic (exact) mass is 267 g/mol. The van der Waals surface area contributed by atoms with Crippen molar-refractivity contribution in [3.8, 4) is 0 Å². The summed E-state index contributed by atoms with van der Waals surface area (Å²) >= 11 is 0. The van der Waals surface area contributed by atoms with Gasteiger partial charge in [-0.2, -0.15) is 0 Å². The molecule has 0 aliphatic carbocycles. The summed E-state index contributed by atoms with van der Waals surface area (Å²) in [6.07, 6.45) is 4.17. The van der Waals surface area contributed by atoms with E-state index in [1.807, 2.05) is 18.3 Å². The Bertz CT molecular complexity index is 565. The lowest BCUT2D eigenvalue weighted by Gasteiger charge is -2.39. The minimum absolute atomic E-state index is 0.0380. The summed E-state index contributed by atoms with van der Waals surface area (Å²) in [5.41, 5.74) is 10.1. The lowest BCUT2D eigenvalue weighted by molar-refractivity contribution is 0.501. The molecule has 0 amide bonds. The Hall–Kier alpha value is -1.87. The molecule has 1 aliphatic rings. The summed E-state index contributed by atoms with van der Waals surface area (Å²) < 4.78 is 0. The van der Waals surface area contributed by atoms with Gasteiger partial charge in [-0.15, -0.1) is 0 Å². The standard InChI is InChI=1S/C17H21N3/c1-13(18)17(15-9-4-5-11-19-15)20-12-6-8-14-7-2-3-10-16(14)20/h2-5,7,9-11,13,17H,6,8,12,18H2,1H3. The van der Waals surface area contributed by atoms with Gasteiger partial charge < -0.3 is 10.6 Å². The van der Waals surface area contributed by atoms with Crippen LogP contribution in [-0.4, -0.2) is 17.6 Å². The lowest BCUT2D eigenvalue weighted by Crippen LogP contribution is -2.42. The van der Waals surface area contributed by atoms with Crippen molar-refractivity contribution in [3.63, 3.8) is 0 Å². The summed E-state index contributed by atoms with van der Waals surface area (Å²) in [6.45, 7) is 3.11. The lowest BCUT2D eigenvalue weighted by atomic mass is 9.96. The van der Waals surface area contributed by atoms with Crippen molar-refractivity contribution >= 4 is 5.69 Å². The predicted molar refractivity (Wildman–Crippen MR) is 82.7 cm³/mol. The molecular weight excluding hydrogens is 246 g/mol. The number of rotatable bonds is 3. The van der Waals surface area contributed by atoms with Gasteiger partial charge in [-0.3, -0.25) is 4.98 Å². The van der Waals surface area contributed by atoms with Crippen LogP contribution in [0.3, 0.4) is 0 Å². The van der Waals surface area contributed by atoms with Gasteiger partial charge in [-0.1, -0.05) is 24.3 Å². The summed E-state index contributed by atoms with van der Waals surface area (Å²) in [4.78, 5) is 6.95. The maximum absolute atomic E-state index is 6.27. The predicted octanol–water partition coefficient (Wildman–Crippen LogP) is 2.92. The maximum atomic E-state index is 6.27. The number of pyridine rings is 1. The first-order valence-corrected chi connectivity index (χ1v) is 7.28. The highest BCUT2D eigenvalue weighted by Crippen LogP contribution is 2.34. The number of aryl methyl sites for hydroxylation is 1. The van der Waals surface area contributed by atoms with E-state index in [0.717, 1.165) is 18.7 Å². The van der Waals surface area contributed by atoms with Crippen molar-refractivity contribution in [1.29, 1.82) is 0 Å². The molecule has 1 aliphatic heterocycles. The van der Waals surface area contributed by atoms with E-state index in [2.05, 4.69) is 47.1 Å². The van der Waals surface area contributed by atoms with Crippen LogP contribution in [-0.2, 0) is 6.42 Å². The molecule has 2 atom stereocenters. The Morgan fingerprint density at radius 3 is 2.70 bits per heavy atom. The second kappa shape index (κ2) is 5.63. The molecule has 0 radical (unpaired) electrons. The molecule has 2 N–H and O–H groups in total. The van der Waals surface area contributed by atoms with Crippen molar-refractivity contribution in [2.75, 3.05) is 11.4 Å². The van der Waals surface area contributed by atoms with Crippen LogP contribution in [0.25, 0.3) is 0 Å². The van der Waals surface area contributed by atoms with Crippen molar-refractivity contribution in [1.82, 2.24) is 4.98 Å². The SMILES string of the molecule is CC(N)C(c1ccccn1)N1CCCc2ccccc21. The van der Waals surface area contributed by atoms with Gasteiger partial charge in [-0.05, 0) is 43.5 Å². The average molecular weight is 267 g/mol. The van der Waals surface area contributed by atoms with E-state index in [1.54, 1.807) is 0 Å². The fourth-order valence-corrected chi connectivity index (χ4v) is 3.12. The normalized spacial score (nSPS) is 17.4. The minimum Gasteiger partial charge on any atom is -0.361 e. The molecule has 3 rings (SSSR count). The first-order chi connectivity index (χ1) is 9.77. The van der Waals surface area contributed by atoms with Gasteiger partial charge in [0.05, 0.1) is 11.7 Å². The number of fused-ring (bicyclic) bond motifs is 1. The van der Waals surface area contributed by atoms with E-state index in [-0.39, 0.29) is 12.1 Å². The molecule has 2 heterocycles. The maximum Gasteiger partial charge on any atom is 0.0861 e. The van der Waals surface area contributed by atoms with Gasteiger partial charge in [0.15, 0.2) is 0 Å². The van der Waals surface area contributed by atoms with E-state index in [1.165, 1.54) is 17.7 Å². The second-order valence-corrected chi connectivity index (χ2v) is 5.48. The van der Waals surface area contributed by atoms with Crippen LogP contribution in [0.1, 0.15) is 30.6 Å². The Morgan fingerprint density at radius 1 is 1.15 bits per heavy atom. The highest BCUT2D eigenvalue weighted by atomic mass is 15.2. The van der Waals surface area contributed by atoms with Crippen molar-refractivity contribution in [3.05, 3.63) is 59.9 Å². The molecule has 3 heteroatoms. The number of para-hydroxylation sites is 1. The van der Waals surface area contributed by atoms with Gasteiger partial charge in [0.25, 0.3) is 0 Å². The minimum atomic E-state index is 0.0380. The molecule has 0 saturated carbocycles. The third kappa shape index (κ3) is 2.41. The van der Waals surface area contributed by atoms with Gasteiger partial charge in [0, 0.05) is 24.5 Å². The fraction of sp³-hybridized carbons (Fsp3) is 0.353. The van der Waals surface area contributed by atoms with Crippen LogP contribution in [0.15, 0.2) is 48.7 Å². The van der Waals surface area contributed by atoms with Crippen LogP contribution in [0, 0.1) is 0 Å². The van der Waals surface area contributed by atoms with Crippen LogP contribution in [0.5, 0.6) is 0 Å². The van der Waals surface area contributed by atoms with Crippen LogP contribution in [0.4, 0.5) is 5.69 Å². The highest BCUT2D eigenvalue weighted by Gasteiger charge is 2.28. The average Bonchev–Trinajstić information content (AvgIpc) is 2.48. The highest BCUT2D eigenvalue weighted by molar-refractivity contribution is 5.57. The second-order valence-electron chi connectivity index (χ2n) is 5.48. The van der Waals surface area contributed by atoms with Crippen LogP contribution in [0.2, 0.25) is 0 Å². The largest absolute Gasteiger partial charge is 0.361 e. The molecular formula is C17H21N3. The molecule has 1 aromatic carbocycles. The molecule has 2 unspecified atom stereocenters. The Morgan fingerprint density at radius 2 is 1.95 bits per heavy atom. The third-order valence-corrected chi connectivity index (χ3v) is 3.97. The van der Waals surface area contributed by atoms with E-state index < -0.39 is 0 Å². The number of aromatic nitrogens is 1. The Kier molecular flexibility index (Phi) is 3.70. The summed E-state index contributed by atoms with van der Waals surface area (Å²) in [5.74, 6) is 0. The Balaban J connectivity index is 2.02. The number of hydrogen-bond acceptors (Lipinski definition) is 3. The third-order valence-electron chi connectivity index (χ3n) is 3.97. The number of hydrogen-bond donors (Lipinski definition) is 1. The quantitative estimate of drug-likeness (QED) is 0.929. The molecule has 104 valence electrons. The van der Waals surface area contributed by atoms with E-state index in [9.17, 15) is 0 Å². The molecule has 0 spiro atoms. The number of benzene rings is 1. The smallest absolute Gasteiger partial charge is 0.0861 e. The fourth-order valence-electron chi connectivity index (χ4n) is 3.12. The van der Waals surface area contributed by atoms with E-state index in [4.69, 9.17) is 5.73 Å². The molecule has 1 aromatic heterocycles. The van der Waals surface area contributed by atoms with Crippen molar-refractivity contribution in [2.45, 2.75) is 31.8 Å². The van der Waals surface area contributed by atoms with Crippen LogP contribution >= 0.6 is 0 Å². The van der Waals surface area contributed by atoms with Crippen LogP contribution < -0.4 is 10.6 Å². The van der Waals surface area contributed by atoms with Crippen molar-refractivity contribution < 1.29 is 0 Å². The van der Waals surface area contributed by atoms with Crippen molar-refractivity contribution in [2.24, 2.45) is 5.73 Å². The zero-order valence-electron chi connectivity index (χ0n) is 11.9. The molecule has 0 saturated heterocycles. The number of nitrogens with zero attached hydrogens (tertiary/aromatic N) is 2. The van der Waals surface area contributed by atoms with Gasteiger partial charge in [0.1, 0.15) is 0 Å². The number of nitrogens with two attached hydrogens (primary N) is 1. The van der Waals surface area contributed by atoms with Gasteiger partial charge >= 0.3 is 0 Å². The van der Waals surface area contributed by atoms with E-state index in [0.29, 0.717) is 0 Å². The van der Waals surface area contributed by atoms with Gasteiger partial charge in [-0.25, -0.2) is 0 Å². The molecule has 2 aromatic rings. The topological polar surface area (TPSA) is 42.1 Å². The zero-order chi connectivity index (χ0) is 13.9. The summed E-state index contributed by atoms with van der Waals surface area (Å²) in [6, 6.07) is 14.9. The molecule has 0 bridgehead atoms. The first-order valence-electron chi connectivity index (χ1n) is 7.28. The Labute approximate surface area is 120 Å². The zero-order valence-corrected chi connectivity index (χ0v) is 11.9. The summed E-state index contributed by atoms with van der Waals surface area (Å²) in [5, 5.41) is 0. The summed E-state index contributed by atoms with van der Waals surface area (Å²) in [7, 11) is 0.